The molecule has 2 heterocycles. The smallest absolute Gasteiger partial charge is 0.350 e. The van der Waals surface area contributed by atoms with E-state index in [-0.39, 0.29) is 33.9 Å². The molecular weight excluding hydrogens is 576 g/mol. The first-order valence-corrected chi connectivity index (χ1v) is 15.3. The van der Waals surface area contributed by atoms with Crippen LogP contribution < -0.4 is 9.64 Å². The lowest BCUT2D eigenvalue weighted by Crippen LogP contribution is -2.29. The van der Waals surface area contributed by atoms with Crippen LogP contribution in [0.2, 0.25) is 0 Å². The van der Waals surface area contributed by atoms with E-state index in [1.165, 1.54) is 4.90 Å². The fourth-order valence-corrected chi connectivity index (χ4v) is 6.06. The summed E-state index contributed by atoms with van der Waals surface area (Å²) in [5.41, 5.74) is 4.58. The summed E-state index contributed by atoms with van der Waals surface area (Å²) in [6, 6.07) is 21.3. The van der Waals surface area contributed by atoms with E-state index >= 15 is 0 Å². The van der Waals surface area contributed by atoms with Crippen molar-refractivity contribution in [2.45, 2.75) is 53.2 Å². The van der Waals surface area contributed by atoms with Gasteiger partial charge in [0, 0.05) is 5.56 Å². The summed E-state index contributed by atoms with van der Waals surface area (Å²) in [7, 11) is 0. The maximum absolute atomic E-state index is 13.6. The monoisotopic (exact) mass is 610 g/mol. The van der Waals surface area contributed by atoms with Gasteiger partial charge >= 0.3 is 11.9 Å². The molecule has 8 nitrogen and oxygen atoms in total. The molecule has 1 aliphatic rings. The minimum Gasteiger partial charge on any atom is -0.507 e. The van der Waals surface area contributed by atoms with Gasteiger partial charge in [-0.15, -0.1) is 0 Å². The summed E-state index contributed by atoms with van der Waals surface area (Å²) in [6.45, 7) is 10.1. The molecule has 1 N–H and O–H groups in total. The normalized spacial score (nSPS) is 16.0. The summed E-state index contributed by atoms with van der Waals surface area (Å²) in [4.78, 5) is 45.7. The molecule has 1 fully saturated rings. The fraction of sp³-hybridized carbons (Fsp3) is 0.257. The molecule has 1 aromatic heterocycles. The number of carbonyl (C=O) groups excluding carboxylic acids is 3. The average Bonchev–Trinajstić information content (AvgIpc) is 3.53. The third-order valence-corrected chi connectivity index (χ3v) is 8.74. The zero-order valence-corrected chi connectivity index (χ0v) is 26.1. The lowest BCUT2D eigenvalue weighted by Gasteiger charge is -2.23. The third kappa shape index (κ3) is 6.01. The number of aliphatic hydroxyl groups excluding tert-OH is 1. The molecule has 0 radical (unpaired) electrons. The number of ether oxygens (including phenoxy) is 2. The first-order chi connectivity index (χ1) is 21.1. The number of rotatable bonds is 9. The molecule has 1 amide bonds. The average molecular weight is 611 g/mol. The number of hydrogen-bond donors (Lipinski definition) is 1. The maximum Gasteiger partial charge on any atom is 0.350 e. The van der Waals surface area contributed by atoms with Crippen molar-refractivity contribution in [2.75, 3.05) is 11.5 Å². The topological polar surface area (TPSA) is 106 Å². The van der Waals surface area contributed by atoms with Crippen LogP contribution in [0, 0.1) is 13.8 Å². The molecule has 9 heteroatoms. The van der Waals surface area contributed by atoms with Crippen LogP contribution in [0.3, 0.4) is 0 Å². The number of aliphatic hydroxyl groups is 1. The third-order valence-electron chi connectivity index (χ3n) is 7.60. The Kier molecular flexibility index (Phi) is 8.96. The number of benzene rings is 3. The first kappa shape index (κ1) is 30.7. The molecule has 1 atom stereocenters. The number of nitrogens with zero attached hydrogens (tertiary/aromatic N) is 2. The second-order valence-electron chi connectivity index (χ2n) is 10.9. The van der Waals surface area contributed by atoms with E-state index < -0.39 is 23.7 Å². The predicted molar refractivity (Wildman–Crippen MR) is 170 cm³/mol. The van der Waals surface area contributed by atoms with E-state index in [0.29, 0.717) is 29.2 Å². The summed E-state index contributed by atoms with van der Waals surface area (Å²) in [6.07, 6.45) is 0. The fourth-order valence-electron chi connectivity index (χ4n) is 5.08. The standard InChI is InChI=1S/C35H34N2O6S/c1-6-42-34(41)32-22(5)36-35(44-32)37-29(24-13-11-23(12-14-24)20(2)3)28(31(39)33(37)40)30(38)25-15-17-27(18-16-25)43-19-26-10-8-7-9-21(26)4/h7-18,20,29,38H,6,19H2,1-5H3. The van der Waals surface area contributed by atoms with Crippen LogP contribution in [0.4, 0.5) is 5.13 Å². The summed E-state index contributed by atoms with van der Waals surface area (Å²) in [5.74, 6) is -1.68. The Labute approximate surface area is 260 Å². The number of aromatic nitrogens is 1. The van der Waals surface area contributed by atoms with Crippen LogP contribution in [0.15, 0.2) is 78.4 Å². The van der Waals surface area contributed by atoms with Gasteiger partial charge in [-0.25, -0.2) is 9.78 Å². The second kappa shape index (κ2) is 12.9. The highest BCUT2D eigenvalue weighted by Gasteiger charge is 2.48. The first-order valence-electron chi connectivity index (χ1n) is 14.4. The Morgan fingerprint density at radius 2 is 1.68 bits per heavy atom. The summed E-state index contributed by atoms with van der Waals surface area (Å²) >= 11 is 0.980. The molecule has 1 saturated heterocycles. The Hall–Kier alpha value is -4.76. The number of Topliss-reactive ketones (excluding diaryl/α,β-unsaturated/α-hetero) is 1. The number of esters is 1. The van der Waals surface area contributed by atoms with Crippen molar-refractivity contribution in [1.82, 2.24) is 4.98 Å². The molecule has 44 heavy (non-hydrogen) atoms. The van der Waals surface area contributed by atoms with Crippen molar-refractivity contribution >= 4 is 39.9 Å². The zero-order chi connectivity index (χ0) is 31.5. The predicted octanol–water partition coefficient (Wildman–Crippen LogP) is 7.27. The van der Waals surface area contributed by atoms with Gasteiger partial charge < -0.3 is 14.6 Å². The van der Waals surface area contributed by atoms with E-state index in [4.69, 9.17) is 9.47 Å². The second-order valence-corrected chi connectivity index (χ2v) is 11.8. The van der Waals surface area contributed by atoms with E-state index in [1.54, 1.807) is 38.1 Å². The lowest BCUT2D eigenvalue weighted by molar-refractivity contribution is -0.132. The molecule has 1 aliphatic heterocycles. The molecule has 0 saturated carbocycles. The number of amides is 1. The molecule has 0 spiro atoms. The van der Waals surface area contributed by atoms with E-state index in [9.17, 15) is 19.5 Å². The summed E-state index contributed by atoms with van der Waals surface area (Å²) < 4.78 is 11.1. The van der Waals surface area contributed by atoms with Crippen molar-refractivity contribution in [3.63, 3.8) is 0 Å². The maximum atomic E-state index is 13.6. The number of anilines is 1. The van der Waals surface area contributed by atoms with Crippen molar-refractivity contribution in [3.8, 4) is 5.75 Å². The molecule has 226 valence electrons. The Morgan fingerprint density at radius 1 is 1.00 bits per heavy atom. The molecule has 5 rings (SSSR count). The van der Waals surface area contributed by atoms with Crippen LogP contribution in [0.1, 0.15) is 75.9 Å². The molecule has 1 unspecified atom stereocenters. The number of thiazole rings is 1. The highest BCUT2D eigenvalue weighted by Crippen LogP contribution is 2.44. The van der Waals surface area contributed by atoms with Crippen LogP contribution >= 0.6 is 11.3 Å². The lowest BCUT2D eigenvalue weighted by atomic mass is 9.93. The number of carbonyl (C=O) groups is 3. The van der Waals surface area contributed by atoms with Crippen LogP contribution in [-0.4, -0.2) is 34.4 Å². The van der Waals surface area contributed by atoms with Gasteiger partial charge in [0.05, 0.1) is 23.9 Å². The molecule has 4 aromatic rings. The van der Waals surface area contributed by atoms with E-state index in [0.717, 1.165) is 28.0 Å². The Bertz CT molecular complexity index is 1740. The molecule has 0 bridgehead atoms. The van der Waals surface area contributed by atoms with Gasteiger partial charge in [0.2, 0.25) is 0 Å². The highest BCUT2D eigenvalue weighted by atomic mass is 32.1. The quantitative estimate of drug-likeness (QED) is 0.0920. The van der Waals surface area contributed by atoms with Crippen LogP contribution in [-0.2, 0) is 20.9 Å². The van der Waals surface area contributed by atoms with Crippen molar-refractivity contribution in [2.24, 2.45) is 0 Å². The molecule has 0 aliphatic carbocycles. The van der Waals surface area contributed by atoms with Gasteiger partial charge in [0.25, 0.3) is 5.78 Å². The van der Waals surface area contributed by atoms with E-state index in [1.807, 2.05) is 55.5 Å². The van der Waals surface area contributed by atoms with Gasteiger partial charge in [0.1, 0.15) is 23.0 Å². The van der Waals surface area contributed by atoms with E-state index in [2.05, 4.69) is 18.8 Å². The largest absolute Gasteiger partial charge is 0.507 e. The Morgan fingerprint density at radius 3 is 2.32 bits per heavy atom. The van der Waals surface area contributed by atoms with Crippen LogP contribution in [0.25, 0.3) is 5.76 Å². The SMILES string of the molecule is CCOC(=O)c1sc(N2C(=O)C(=O)C(=C(O)c3ccc(OCc4ccccc4C)cc3)C2c2ccc(C(C)C)cc2)nc1C. The van der Waals surface area contributed by atoms with Gasteiger partial charge in [-0.05, 0) is 73.2 Å². The minimum atomic E-state index is -0.964. The highest BCUT2D eigenvalue weighted by molar-refractivity contribution is 7.17. The van der Waals surface area contributed by atoms with Crippen molar-refractivity contribution in [3.05, 3.63) is 117 Å². The van der Waals surface area contributed by atoms with Crippen LogP contribution in [0.5, 0.6) is 5.75 Å². The molecule has 3 aromatic carbocycles. The molecular formula is C35H34N2O6S. The van der Waals surface area contributed by atoms with Gasteiger partial charge in [-0.2, -0.15) is 0 Å². The van der Waals surface area contributed by atoms with Crippen molar-refractivity contribution in [1.29, 1.82) is 0 Å². The number of hydrogen-bond acceptors (Lipinski definition) is 8. The Balaban J connectivity index is 1.54. The van der Waals surface area contributed by atoms with Crippen molar-refractivity contribution < 1.29 is 29.0 Å². The minimum absolute atomic E-state index is 0.0635. The summed E-state index contributed by atoms with van der Waals surface area (Å²) in [5, 5.41) is 11.7. The van der Waals surface area contributed by atoms with Gasteiger partial charge in [0.15, 0.2) is 5.13 Å². The van der Waals surface area contributed by atoms with Gasteiger partial charge in [-0.3, -0.25) is 14.5 Å². The number of ketones is 1. The zero-order valence-electron chi connectivity index (χ0n) is 25.3. The number of aryl methyl sites for hydroxylation is 2. The van der Waals surface area contributed by atoms with Gasteiger partial charge in [-0.1, -0.05) is 73.7 Å².